The fourth-order valence-electron chi connectivity index (χ4n) is 0.789. The standard InChI is InChI=1S/C6H14N2O/c1-3-5(4-2)6(7)8-9/h5,9H,3-4H2,1-2H3,(H2,7,8). The molecular formula is C6H14N2O. The first-order valence-corrected chi connectivity index (χ1v) is 3.23. The van der Waals surface area contributed by atoms with Crippen molar-refractivity contribution in [3.63, 3.8) is 0 Å². The third-order valence-electron chi connectivity index (χ3n) is 1.52. The van der Waals surface area contributed by atoms with Gasteiger partial charge in [-0.2, -0.15) is 0 Å². The molecular weight excluding hydrogens is 116 g/mol. The zero-order valence-electron chi connectivity index (χ0n) is 5.96. The lowest BCUT2D eigenvalue weighted by Crippen LogP contribution is -2.22. The Hall–Kier alpha value is -0.730. The number of nitrogens with zero attached hydrogens (tertiary/aromatic N) is 1. The van der Waals surface area contributed by atoms with Crippen LogP contribution in [-0.4, -0.2) is 11.0 Å². The summed E-state index contributed by atoms with van der Waals surface area (Å²) < 4.78 is 0. The van der Waals surface area contributed by atoms with E-state index >= 15 is 0 Å². The van der Waals surface area contributed by atoms with Crippen LogP contribution in [0, 0.1) is 5.92 Å². The molecule has 3 nitrogen and oxygen atoms in total. The Morgan fingerprint density at radius 2 is 2.00 bits per heavy atom. The third kappa shape index (κ3) is 2.35. The molecule has 0 unspecified atom stereocenters. The van der Waals surface area contributed by atoms with E-state index in [0.29, 0.717) is 5.84 Å². The van der Waals surface area contributed by atoms with Crippen LogP contribution in [0.5, 0.6) is 0 Å². The molecule has 0 saturated heterocycles. The van der Waals surface area contributed by atoms with Gasteiger partial charge in [0.1, 0.15) is 5.84 Å². The van der Waals surface area contributed by atoms with Crippen molar-refractivity contribution >= 4 is 5.84 Å². The molecule has 0 aromatic rings. The number of hydrogen-bond acceptors (Lipinski definition) is 2. The molecule has 3 heteroatoms. The smallest absolute Gasteiger partial charge is 0.142 e. The fraction of sp³-hybridized carbons (Fsp3) is 0.833. The van der Waals surface area contributed by atoms with Gasteiger partial charge in [0.25, 0.3) is 0 Å². The van der Waals surface area contributed by atoms with E-state index in [1.807, 2.05) is 13.8 Å². The Balaban J connectivity index is 3.79. The number of oxime groups is 1. The van der Waals surface area contributed by atoms with Gasteiger partial charge < -0.3 is 10.9 Å². The Kier molecular flexibility index (Phi) is 3.84. The summed E-state index contributed by atoms with van der Waals surface area (Å²) in [5, 5.41) is 11.2. The summed E-state index contributed by atoms with van der Waals surface area (Å²) in [6.45, 7) is 4.04. The van der Waals surface area contributed by atoms with Crippen molar-refractivity contribution in [3.8, 4) is 0 Å². The molecule has 0 rings (SSSR count). The quantitative estimate of drug-likeness (QED) is 0.261. The van der Waals surface area contributed by atoms with E-state index in [1.54, 1.807) is 0 Å². The highest BCUT2D eigenvalue weighted by atomic mass is 16.4. The molecule has 0 heterocycles. The first kappa shape index (κ1) is 8.27. The Bertz CT molecular complexity index is 97.2. The van der Waals surface area contributed by atoms with Crippen molar-refractivity contribution in [1.82, 2.24) is 0 Å². The summed E-state index contributed by atoms with van der Waals surface area (Å²) in [6, 6.07) is 0. The average Bonchev–Trinajstić information content (AvgIpc) is 1.90. The van der Waals surface area contributed by atoms with Crippen LogP contribution >= 0.6 is 0 Å². The zero-order chi connectivity index (χ0) is 7.28. The monoisotopic (exact) mass is 130 g/mol. The Morgan fingerprint density at radius 3 is 2.11 bits per heavy atom. The van der Waals surface area contributed by atoms with Crippen LogP contribution in [0.3, 0.4) is 0 Å². The SMILES string of the molecule is CCC(CC)/C(N)=N/O. The van der Waals surface area contributed by atoms with Crippen LogP contribution in [0.15, 0.2) is 5.16 Å². The highest BCUT2D eigenvalue weighted by Gasteiger charge is 2.06. The largest absolute Gasteiger partial charge is 0.409 e. The van der Waals surface area contributed by atoms with Crippen LogP contribution in [-0.2, 0) is 0 Å². The molecule has 3 N–H and O–H groups in total. The molecule has 0 aromatic carbocycles. The van der Waals surface area contributed by atoms with Crippen molar-refractivity contribution in [3.05, 3.63) is 0 Å². The van der Waals surface area contributed by atoms with Crippen molar-refractivity contribution in [1.29, 1.82) is 0 Å². The number of amidine groups is 1. The molecule has 0 saturated carbocycles. The lowest BCUT2D eigenvalue weighted by Gasteiger charge is -2.07. The van der Waals surface area contributed by atoms with Crippen LogP contribution < -0.4 is 5.73 Å². The lowest BCUT2D eigenvalue weighted by molar-refractivity contribution is 0.313. The molecule has 0 spiro atoms. The van der Waals surface area contributed by atoms with E-state index in [2.05, 4.69) is 5.16 Å². The summed E-state index contributed by atoms with van der Waals surface area (Å²) in [5.41, 5.74) is 5.34. The number of hydrogen-bond donors (Lipinski definition) is 2. The van der Waals surface area contributed by atoms with E-state index in [-0.39, 0.29) is 5.92 Å². The summed E-state index contributed by atoms with van der Waals surface area (Å²) in [7, 11) is 0. The van der Waals surface area contributed by atoms with E-state index in [0.717, 1.165) is 12.8 Å². The fourth-order valence-corrected chi connectivity index (χ4v) is 0.789. The minimum absolute atomic E-state index is 0.245. The van der Waals surface area contributed by atoms with Crippen molar-refractivity contribution in [2.24, 2.45) is 16.8 Å². The van der Waals surface area contributed by atoms with Crippen LogP contribution in [0.4, 0.5) is 0 Å². The molecule has 0 amide bonds. The molecule has 0 aromatic heterocycles. The summed E-state index contributed by atoms with van der Waals surface area (Å²) in [6.07, 6.45) is 1.87. The van der Waals surface area contributed by atoms with E-state index < -0.39 is 0 Å². The third-order valence-corrected chi connectivity index (χ3v) is 1.52. The van der Waals surface area contributed by atoms with Gasteiger partial charge in [0.15, 0.2) is 0 Å². The van der Waals surface area contributed by atoms with Crippen LogP contribution in [0.2, 0.25) is 0 Å². The first-order chi connectivity index (χ1) is 4.26. The van der Waals surface area contributed by atoms with Gasteiger partial charge in [-0.1, -0.05) is 19.0 Å². The lowest BCUT2D eigenvalue weighted by atomic mass is 10.0. The van der Waals surface area contributed by atoms with Gasteiger partial charge in [-0.3, -0.25) is 0 Å². The molecule has 0 radical (unpaired) electrons. The number of rotatable bonds is 3. The summed E-state index contributed by atoms with van der Waals surface area (Å²) in [5.74, 6) is 0.593. The maximum Gasteiger partial charge on any atom is 0.142 e. The van der Waals surface area contributed by atoms with Crippen molar-refractivity contribution in [2.45, 2.75) is 26.7 Å². The minimum atomic E-state index is 0.245. The molecule has 0 aliphatic rings. The first-order valence-electron chi connectivity index (χ1n) is 3.23. The van der Waals surface area contributed by atoms with E-state index in [1.165, 1.54) is 0 Å². The number of nitrogens with two attached hydrogens (primary N) is 1. The topological polar surface area (TPSA) is 58.6 Å². The molecule has 0 aliphatic carbocycles. The van der Waals surface area contributed by atoms with Gasteiger partial charge in [0.05, 0.1) is 0 Å². The highest BCUT2D eigenvalue weighted by Crippen LogP contribution is 2.05. The summed E-state index contributed by atoms with van der Waals surface area (Å²) >= 11 is 0. The maximum atomic E-state index is 8.23. The van der Waals surface area contributed by atoms with Gasteiger partial charge in [0.2, 0.25) is 0 Å². The molecule has 0 bridgehead atoms. The van der Waals surface area contributed by atoms with Gasteiger partial charge in [-0.05, 0) is 12.8 Å². The van der Waals surface area contributed by atoms with Gasteiger partial charge in [-0.25, -0.2) is 0 Å². The summed E-state index contributed by atoms with van der Waals surface area (Å²) in [4.78, 5) is 0. The van der Waals surface area contributed by atoms with Gasteiger partial charge in [0, 0.05) is 5.92 Å². The van der Waals surface area contributed by atoms with Crippen molar-refractivity contribution in [2.75, 3.05) is 0 Å². The second-order valence-corrected chi connectivity index (χ2v) is 2.04. The Labute approximate surface area is 55.5 Å². The molecule has 0 fully saturated rings. The average molecular weight is 130 g/mol. The second-order valence-electron chi connectivity index (χ2n) is 2.04. The predicted molar refractivity (Wildman–Crippen MR) is 37.5 cm³/mol. The normalized spacial score (nSPS) is 12.6. The Morgan fingerprint density at radius 1 is 1.56 bits per heavy atom. The van der Waals surface area contributed by atoms with Gasteiger partial charge >= 0.3 is 0 Å². The molecule has 0 atom stereocenters. The zero-order valence-corrected chi connectivity index (χ0v) is 5.96. The second kappa shape index (κ2) is 4.18. The maximum absolute atomic E-state index is 8.23. The van der Waals surface area contributed by atoms with Crippen molar-refractivity contribution < 1.29 is 5.21 Å². The van der Waals surface area contributed by atoms with Gasteiger partial charge in [-0.15, -0.1) is 0 Å². The molecule has 54 valence electrons. The predicted octanol–water partition coefficient (Wildman–Crippen LogP) is 1.17. The van der Waals surface area contributed by atoms with Crippen LogP contribution in [0.1, 0.15) is 26.7 Å². The van der Waals surface area contributed by atoms with E-state index in [4.69, 9.17) is 10.9 Å². The van der Waals surface area contributed by atoms with E-state index in [9.17, 15) is 0 Å². The molecule has 9 heavy (non-hydrogen) atoms. The highest BCUT2D eigenvalue weighted by molar-refractivity contribution is 5.82. The molecule has 0 aliphatic heterocycles. The minimum Gasteiger partial charge on any atom is -0.409 e. The van der Waals surface area contributed by atoms with Crippen LogP contribution in [0.25, 0.3) is 0 Å².